The molecule has 1 heterocycles. The second-order valence-corrected chi connectivity index (χ2v) is 10.2. The number of nitrogens with one attached hydrogen (secondary N) is 1. The molecule has 174 valence electrons. The van der Waals surface area contributed by atoms with E-state index in [9.17, 15) is 22.0 Å². The molecule has 0 fully saturated rings. The molecule has 4 aromatic rings. The van der Waals surface area contributed by atoms with Gasteiger partial charge in [-0.1, -0.05) is 48.5 Å². The van der Waals surface area contributed by atoms with Crippen molar-refractivity contribution in [2.24, 2.45) is 0 Å². The zero-order valence-electron chi connectivity index (χ0n) is 18.0. The van der Waals surface area contributed by atoms with Crippen LogP contribution in [0.2, 0.25) is 0 Å². The molecule has 0 saturated heterocycles. The predicted molar refractivity (Wildman–Crippen MR) is 129 cm³/mol. The largest absolute Gasteiger partial charge is 0.347 e. The molecule has 0 aliphatic heterocycles. The summed E-state index contributed by atoms with van der Waals surface area (Å²) in [4.78, 5) is 12.8. The monoisotopic (exact) mass is 498 g/mol. The lowest BCUT2D eigenvalue weighted by Crippen LogP contribution is -2.30. The van der Waals surface area contributed by atoms with Crippen molar-refractivity contribution in [2.75, 3.05) is 11.4 Å². The van der Waals surface area contributed by atoms with Crippen LogP contribution in [0.5, 0.6) is 0 Å². The van der Waals surface area contributed by atoms with Crippen LogP contribution in [0.25, 0.3) is 11.1 Å². The molecule has 0 radical (unpaired) electrons. The van der Waals surface area contributed by atoms with Gasteiger partial charge in [-0.05, 0) is 35.9 Å². The van der Waals surface area contributed by atoms with Gasteiger partial charge in [-0.3, -0.25) is 9.10 Å². The first-order valence-electron chi connectivity index (χ1n) is 10.2. The summed E-state index contributed by atoms with van der Waals surface area (Å²) in [6.45, 7) is -0.118. The molecule has 0 atom stereocenters. The Kier molecular flexibility index (Phi) is 6.76. The van der Waals surface area contributed by atoms with E-state index in [4.69, 9.17) is 0 Å². The number of hydrogen-bond acceptors (Lipinski definition) is 4. The zero-order valence-corrected chi connectivity index (χ0v) is 19.7. The highest BCUT2D eigenvalue weighted by Gasteiger charge is 2.32. The molecule has 0 aliphatic rings. The molecule has 34 heavy (non-hydrogen) atoms. The highest BCUT2D eigenvalue weighted by Crippen LogP contribution is 2.38. The van der Waals surface area contributed by atoms with E-state index >= 15 is 0 Å². The number of benzene rings is 3. The number of rotatable bonds is 7. The second kappa shape index (κ2) is 9.74. The van der Waals surface area contributed by atoms with Crippen molar-refractivity contribution in [3.05, 3.63) is 106 Å². The summed E-state index contributed by atoms with van der Waals surface area (Å²) >= 11 is 0.930. The maximum absolute atomic E-state index is 14.0. The number of carbonyl (C=O) groups is 1. The van der Waals surface area contributed by atoms with Gasteiger partial charge in [0.2, 0.25) is 0 Å². The SMILES string of the molecule is CN(c1ccccc1)S(=O)(=O)c1c(-c2cccc(F)c2)csc1C(=O)NCc1ccccc1F. The lowest BCUT2D eigenvalue weighted by Gasteiger charge is -2.21. The average Bonchev–Trinajstić information content (AvgIpc) is 3.30. The minimum absolute atomic E-state index is 0.0709. The van der Waals surface area contributed by atoms with E-state index in [-0.39, 0.29) is 27.4 Å². The van der Waals surface area contributed by atoms with Crippen LogP contribution in [-0.2, 0) is 16.6 Å². The maximum Gasteiger partial charge on any atom is 0.266 e. The second-order valence-electron chi connectivity index (χ2n) is 7.40. The molecule has 9 heteroatoms. The van der Waals surface area contributed by atoms with E-state index < -0.39 is 27.6 Å². The smallest absolute Gasteiger partial charge is 0.266 e. The normalized spacial score (nSPS) is 11.3. The number of anilines is 1. The lowest BCUT2D eigenvalue weighted by molar-refractivity contribution is 0.0951. The van der Waals surface area contributed by atoms with Gasteiger partial charge in [-0.25, -0.2) is 17.2 Å². The number of halogens is 2. The summed E-state index contributed by atoms with van der Waals surface area (Å²) in [5, 5.41) is 4.11. The highest BCUT2D eigenvalue weighted by molar-refractivity contribution is 7.93. The summed E-state index contributed by atoms with van der Waals surface area (Å²) < 4.78 is 56.5. The Hall–Kier alpha value is -3.56. The van der Waals surface area contributed by atoms with Crippen molar-refractivity contribution in [3.8, 4) is 11.1 Å². The van der Waals surface area contributed by atoms with Crippen molar-refractivity contribution >= 4 is 33.0 Å². The summed E-state index contributed by atoms with van der Waals surface area (Å²) in [6, 6.07) is 19.9. The molecule has 5 nitrogen and oxygen atoms in total. The Balaban J connectivity index is 1.78. The molecule has 1 aromatic heterocycles. The quantitative estimate of drug-likeness (QED) is 0.369. The topological polar surface area (TPSA) is 66.5 Å². The molecule has 0 bridgehead atoms. The average molecular weight is 499 g/mol. The van der Waals surface area contributed by atoms with E-state index in [0.29, 0.717) is 11.3 Å². The van der Waals surface area contributed by atoms with Gasteiger partial charge in [0, 0.05) is 30.1 Å². The number of carbonyl (C=O) groups excluding carboxylic acids is 1. The first-order chi connectivity index (χ1) is 16.3. The Labute approximate surface area is 200 Å². The number of thiophene rings is 1. The number of amides is 1. The van der Waals surface area contributed by atoms with Gasteiger partial charge in [0.15, 0.2) is 0 Å². The fourth-order valence-electron chi connectivity index (χ4n) is 3.43. The summed E-state index contributed by atoms with van der Waals surface area (Å²) in [5.74, 6) is -1.68. The van der Waals surface area contributed by atoms with Crippen LogP contribution in [0.4, 0.5) is 14.5 Å². The highest BCUT2D eigenvalue weighted by atomic mass is 32.2. The third kappa shape index (κ3) is 4.71. The third-order valence-electron chi connectivity index (χ3n) is 5.22. The minimum Gasteiger partial charge on any atom is -0.347 e. The Bertz CT molecular complexity index is 1440. The lowest BCUT2D eigenvalue weighted by atomic mass is 10.1. The number of sulfonamides is 1. The molecule has 0 unspecified atom stereocenters. The molecular formula is C25H20F2N2O3S2. The van der Waals surface area contributed by atoms with Crippen molar-refractivity contribution < 1.29 is 22.0 Å². The van der Waals surface area contributed by atoms with Gasteiger partial charge in [0.1, 0.15) is 21.4 Å². The van der Waals surface area contributed by atoms with Crippen molar-refractivity contribution in [1.82, 2.24) is 5.32 Å². The molecule has 1 amide bonds. The predicted octanol–water partition coefficient (Wildman–Crippen LogP) is 5.45. The van der Waals surface area contributed by atoms with E-state index in [1.54, 1.807) is 42.5 Å². The van der Waals surface area contributed by atoms with Crippen LogP contribution in [-0.4, -0.2) is 21.4 Å². The van der Waals surface area contributed by atoms with E-state index in [2.05, 4.69) is 5.32 Å². The standard InChI is InChI=1S/C25H20F2N2O3S2/c1-29(20-11-3-2-4-12-20)34(31,32)24-21(17-9-7-10-19(26)14-17)16-33-23(24)25(30)28-15-18-8-5-6-13-22(18)27/h2-14,16H,15H2,1H3,(H,28,30). The Morgan fingerprint density at radius 1 is 0.971 bits per heavy atom. The van der Waals surface area contributed by atoms with Crippen LogP contribution in [0.15, 0.2) is 89.1 Å². The first kappa shape index (κ1) is 23.6. The van der Waals surface area contributed by atoms with Gasteiger partial charge in [0.25, 0.3) is 15.9 Å². The molecular weight excluding hydrogens is 478 g/mol. The van der Waals surface area contributed by atoms with Crippen LogP contribution >= 0.6 is 11.3 Å². The van der Waals surface area contributed by atoms with E-state index in [0.717, 1.165) is 15.6 Å². The number of nitrogens with zero attached hydrogens (tertiary/aromatic N) is 1. The molecule has 4 rings (SSSR count). The molecule has 0 saturated carbocycles. The molecule has 3 aromatic carbocycles. The zero-order chi connectivity index (χ0) is 24.3. The van der Waals surface area contributed by atoms with E-state index in [1.807, 2.05) is 0 Å². The van der Waals surface area contributed by atoms with Crippen molar-refractivity contribution in [3.63, 3.8) is 0 Å². The van der Waals surface area contributed by atoms with Gasteiger partial charge in [0.05, 0.1) is 5.69 Å². The fourth-order valence-corrected chi connectivity index (χ4v) is 6.30. The molecule has 1 N–H and O–H groups in total. The first-order valence-corrected chi connectivity index (χ1v) is 12.5. The molecule has 0 spiro atoms. The van der Waals surface area contributed by atoms with Crippen molar-refractivity contribution in [1.29, 1.82) is 0 Å². The number of para-hydroxylation sites is 1. The van der Waals surface area contributed by atoms with Crippen LogP contribution in [0.3, 0.4) is 0 Å². The summed E-state index contributed by atoms with van der Waals surface area (Å²) in [6.07, 6.45) is 0. The summed E-state index contributed by atoms with van der Waals surface area (Å²) in [7, 11) is -2.83. The van der Waals surface area contributed by atoms with Crippen LogP contribution in [0.1, 0.15) is 15.2 Å². The minimum atomic E-state index is -4.22. The maximum atomic E-state index is 14.0. The van der Waals surface area contributed by atoms with Gasteiger partial charge < -0.3 is 5.32 Å². The van der Waals surface area contributed by atoms with E-state index in [1.165, 1.54) is 48.8 Å². The molecule has 0 aliphatic carbocycles. The van der Waals surface area contributed by atoms with Crippen LogP contribution in [0, 0.1) is 11.6 Å². The van der Waals surface area contributed by atoms with Crippen LogP contribution < -0.4 is 9.62 Å². The van der Waals surface area contributed by atoms with Crippen molar-refractivity contribution in [2.45, 2.75) is 11.4 Å². The summed E-state index contributed by atoms with van der Waals surface area (Å²) in [5.41, 5.74) is 1.20. The van der Waals surface area contributed by atoms with Gasteiger partial charge in [-0.2, -0.15) is 0 Å². The van der Waals surface area contributed by atoms with Gasteiger partial charge >= 0.3 is 0 Å². The Morgan fingerprint density at radius 3 is 2.38 bits per heavy atom. The fraction of sp³-hybridized carbons (Fsp3) is 0.0800. The number of hydrogen-bond donors (Lipinski definition) is 1. The Morgan fingerprint density at radius 2 is 1.68 bits per heavy atom. The van der Waals surface area contributed by atoms with Gasteiger partial charge in [-0.15, -0.1) is 11.3 Å². The third-order valence-corrected chi connectivity index (χ3v) is 8.20.